The molecule has 0 spiro atoms. The van der Waals surface area contributed by atoms with Crippen molar-refractivity contribution >= 4 is 17.0 Å². The Hall–Kier alpha value is -3.33. The third kappa shape index (κ3) is 2.92. The van der Waals surface area contributed by atoms with E-state index in [1.807, 2.05) is 42.5 Å². The minimum atomic E-state index is 0.0202. The highest BCUT2D eigenvalue weighted by atomic mass is 16.3. The molecule has 2 N–H and O–H groups in total. The largest absolute Gasteiger partial charge is 0.508 e. The van der Waals surface area contributed by atoms with E-state index in [0.29, 0.717) is 5.57 Å². The van der Waals surface area contributed by atoms with Crippen LogP contribution in [0.2, 0.25) is 0 Å². The molecule has 3 nitrogen and oxygen atoms in total. The minimum absolute atomic E-state index is 0.0202. The maximum absolute atomic E-state index is 13.1. The van der Waals surface area contributed by atoms with Crippen LogP contribution in [0.15, 0.2) is 79.0 Å². The fourth-order valence-electron chi connectivity index (χ4n) is 3.16. The Balaban J connectivity index is 1.80. The molecule has 0 unspecified atom stereocenters. The number of rotatable bonds is 2. The van der Waals surface area contributed by atoms with E-state index in [4.69, 9.17) is 0 Å². The number of aromatic hydroxyl groups is 1. The van der Waals surface area contributed by atoms with Gasteiger partial charge in [0.05, 0.1) is 0 Å². The summed E-state index contributed by atoms with van der Waals surface area (Å²) < 4.78 is 0. The van der Waals surface area contributed by atoms with Gasteiger partial charge in [-0.25, -0.2) is 0 Å². The van der Waals surface area contributed by atoms with Gasteiger partial charge >= 0.3 is 0 Å². The molecule has 0 saturated heterocycles. The van der Waals surface area contributed by atoms with Crippen LogP contribution in [-0.2, 0) is 6.42 Å². The average Bonchev–Trinajstić information content (AvgIpc) is 2.76. The van der Waals surface area contributed by atoms with Crippen molar-refractivity contribution in [2.24, 2.45) is 0 Å². The summed E-state index contributed by atoms with van der Waals surface area (Å²) in [7, 11) is 0. The van der Waals surface area contributed by atoms with Gasteiger partial charge < -0.3 is 10.4 Å². The number of hydrogen-bond acceptors (Lipinski definition) is 3. The number of carbonyl (C=O) groups excluding carboxylic acids is 1. The molecule has 0 amide bonds. The summed E-state index contributed by atoms with van der Waals surface area (Å²) in [6.45, 7) is 0. The van der Waals surface area contributed by atoms with Gasteiger partial charge in [-0.3, -0.25) is 4.79 Å². The molecular weight excluding hydrogens is 310 g/mol. The van der Waals surface area contributed by atoms with Crippen molar-refractivity contribution in [2.75, 3.05) is 5.32 Å². The maximum Gasteiger partial charge on any atom is 0.195 e. The molecule has 0 heterocycles. The predicted octanol–water partition coefficient (Wildman–Crippen LogP) is 4.63. The summed E-state index contributed by atoms with van der Waals surface area (Å²) in [5, 5.41) is 12.6. The van der Waals surface area contributed by atoms with Crippen molar-refractivity contribution < 1.29 is 9.90 Å². The van der Waals surface area contributed by atoms with Crippen LogP contribution in [0.5, 0.6) is 5.75 Å². The van der Waals surface area contributed by atoms with Crippen LogP contribution in [0.4, 0.5) is 5.69 Å². The van der Waals surface area contributed by atoms with Crippen LogP contribution >= 0.6 is 0 Å². The Morgan fingerprint density at radius 3 is 2.12 bits per heavy atom. The topological polar surface area (TPSA) is 49.3 Å². The first-order valence-electron chi connectivity index (χ1n) is 8.19. The summed E-state index contributed by atoms with van der Waals surface area (Å²) >= 11 is 0. The number of nitrogens with one attached hydrogen (secondary N) is 1. The molecule has 1 aliphatic rings. The van der Waals surface area contributed by atoms with Gasteiger partial charge in [0, 0.05) is 23.0 Å². The Labute approximate surface area is 146 Å². The van der Waals surface area contributed by atoms with Gasteiger partial charge in [-0.2, -0.15) is 0 Å². The second kappa shape index (κ2) is 6.29. The van der Waals surface area contributed by atoms with E-state index in [1.54, 1.807) is 30.5 Å². The van der Waals surface area contributed by atoms with Crippen LogP contribution < -0.4 is 5.32 Å². The van der Waals surface area contributed by atoms with Gasteiger partial charge in [-0.1, -0.05) is 48.5 Å². The predicted molar refractivity (Wildman–Crippen MR) is 99.7 cm³/mol. The lowest BCUT2D eigenvalue weighted by Crippen LogP contribution is -2.05. The first kappa shape index (κ1) is 15.2. The molecule has 25 heavy (non-hydrogen) atoms. The molecule has 122 valence electrons. The lowest BCUT2D eigenvalue weighted by Gasteiger charge is -2.09. The van der Waals surface area contributed by atoms with E-state index in [1.165, 1.54) is 0 Å². The number of hydrogen-bond donors (Lipinski definition) is 2. The molecule has 0 fully saturated rings. The number of anilines is 1. The lowest BCUT2D eigenvalue weighted by molar-refractivity contribution is 0.105. The SMILES string of the molecule is O=C1/C(=C/Nc2ccc(O)cc2)c2ccccc2Cc2ccccc21. The fourth-order valence-corrected chi connectivity index (χ4v) is 3.16. The summed E-state index contributed by atoms with van der Waals surface area (Å²) in [6, 6.07) is 22.5. The molecule has 1 aliphatic carbocycles. The molecule has 0 saturated carbocycles. The molecule has 4 rings (SSSR count). The van der Waals surface area contributed by atoms with Crippen molar-refractivity contribution in [2.45, 2.75) is 6.42 Å². The van der Waals surface area contributed by atoms with E-state index >= 15 is 0 Å². The summed E-state index contributed by atoms with van der Waals surface area (Å²) in [5.41, 5.74) is 5.35. The van der Waals surface area contributed by atoms with E-state index in [9.17, 15) is 9.90 Å². The first-order valence-corrected chi connectivity index (χ1v) is 8.19. The van der Waals surface area contributed by atoms with Crippen molar-refractivity contribution in [3.05, 3.63) is 101 Å². The summed E-state index contributed by atoms with van der Waals surface area (Å²) in [5.74, 6) is 0.231. The molecule has 3 aromatic carbocycles. The van der Waals surface area contributed by atoms with E-state index in [2.05, 4.69) is 11.4 Å². The molecule has 0 bridgehead atoms. The maximum atomic E-state index is 13.1. The van der Waals surface area contributed by atoms with Gasteiger partial charge in [0.2, 0.25) is 0 Å². The third-order valence-electron chi connectivity index (χ3n) is 4.45. The first-order chi connectivity index (χ1) is 12.2. The summed E-state index contributed by atoms with van der Waals surface area (Å²) in [4.78, 5) is 13.1. The molecule has 3 aromatic rings. The number of Topliss-reactive ketones (excluding diaryl/α,β-unsaturated/α-hetero) is 1. The minimum Gasteiger partial charge on any atom is -0.508 e. The van der Waals surface area contributed by atoms with Crippen LogP contribution in [0.3, 0.4) is 0 Å². The second-order valence-corrected chi connectivity index (χ2v) is 6.07. The Kier molecular flexibility index (Phi) is 3.82. The molecule has 0 atom stereocenters. The number of carbonyl (C=O) groups is 1. The highest BCUT2D eigenvalue weighted by Crippen LogP contribution is 2.31. The molecule has 0 aliphatic heterocycles. The van der Waals surface area contributed by atoms with Crippen molar-refractivity contribution in [3.63, 3.8) is 0 Å². The highest BCUT2D eigenvalue weighted by Gasteiger charge is 2.23. The third-order valence-corrected chi connectivity index (χ3v) is 4.45. The van der Waals surface area contributed by atoms with Crippen molar-refractivity contribution in [1.82, 2.24) is 0 Å². The monoisotopic (exact) mass is 327 g/mol. The zero-order valence-corrected chi connectivity index (χ0v) is 13.6. The quantitative estimate of drug-likeness (QED) is 0.533. The number of ketones is 1. The zero-order valence-electron chi connectivity index (χ0n) is 13.6. The number of phenols is 1. The number of phenolic OH excluding ortho intramolecular Hbond substituents is 1. The van der Waals surface area contributed by atoms with Crippen LogP contribution in [0.1, 0.15) is 27.0 Å². The average molecular weight is 327 g/mol. The number of allylic oxidation sites excluding steroid dienone is 1. The van der Waals surface area contributed by atoms with Gasteiger partial charge in [-0.05, 0) is 47.4 Å². The van der Waals surface area contributed by atoms with Gasteiger partial charge in [0.25, 0.3) is 0 Å². The van der Waals surface area contributed by atoms with E-state index < -0.39 is 0 Å². The Morgan fingerprint density at radius 2 is 1.40 bits per heavy atom. The molecule has 0 aromatic heterocycles. The van der Waals surface area contributed by atoms with Gasteiger partial charge in [0.15, 0.2) is 5.78 Å². The Morgan fingerprint density at radius 1 is 0.800 bits per heavy atom. The fraction of sp³-hybridized carbons (Fsp3) is 0.0455. The smallest absolute Gasteiger partial charge is 0.195 e. The van der Waals surface area contributed by atoms with Gasteiger partial charge in [0.1, 0.15) is 5.75 Å². The molecule has 3 heteroatoms. The Bertz CT molecular complexity index is 971. The standard InChI is InChI=1S/C22H17NO2/c24-18-11-9-17(10-12-18)23-14-21-19-7-3-1-5-15(19)13-16-6-2-4-8-20(16)22(21)25/h1-12,14,23-24H,13H2/b21-14+. The normalized spacial score (nSPS) is 14.6. The number of benzene rings is 3. The molecule has 0 radical (unpaired) electrons. The van der Waals surface area contributed by atoms with Crippen LogP contribution in [-0.4, -0.2) is 10.9 Å². The van der Waals surface area contributed by atoms with E-state index in [0.717, 1.165) is 34.4 Å². The van der Waals surface area contributed by atoms with Crippen LogP contribution in [0.25, 0.3) is 5.57 Å². The zero-order chi connectivity index (χ0) is 17.2. The van der Waals surface area contributed by atoms with Crippen LogP contribution in [0, 0.1) is 0 Å². The van der Waals surface area contributed by atoms with E-state index in [-0.39, 0.29) is 11.5 Å². The lowest BCUT2D eigenvalue weighted by atomic mass is 9.97. The van der Waals surface area contributed by atoms with Crippen molar-refractivity contribution in [3.8, 4) is 5.75 Å². The molecular formula is C22H17NO2. The second-order valence-electron chi connectivity index (χ2n) is 6.07. The summed E-state index contributed by atoms with van der Waals surface area (Å²) in [6.07, 6.45) is 2.50. The number of fused-ring (bicyclic) bond motifs is 2. The van der Waals surface area contributed by atoms with Crippen molar-refractivity contribution in [1.29, 1.82) is 0 Å². The van der Waals surface area contributed by atoms with Gasteiger partial charge in [-0.15, -0.1) is 0 Å². The highest BCUT2D eigenvalue weighted by molar-refractivity contribution is 6.30.